The van der Waals surface area contributed by atoms with Crippen LogP contribution in [0.5, 0.6) is 0 Å². The van der Waals surface area contributed by atoms with Gasteiger partial charge in [0.05, 0.1) is 0 Å². The Kier molecular flexibility index (Phi) is 5.73. The van der Waals surface area contributed by atoms with Crippen molar-refractivity contribution in [2.24, 2.45) is 5.92 Å². The molecular weight excluding hydrogens is 211 g/mol. The molecule has 0 radical (unpaired) electrons. The SMILES string of the molecule is CSCCC(CO)Cc1ccc(F)cc1. The van der Waals surface area contributed by atoms with E-state index in [9.17, 15) is 9.50 Å². The Balaban J connectivity index is 2.47. The fraction of sp³-hybridized carbons (Fsp3) is 0.500. The van der Waals surface area contributed by atoms with Crippen molar-refractivity contribution in [3.63, 3.8) is 0 Å². The van der Waals surface area contributed by atoms with Crippen LogP contribution in [-0.4, -0.2) is 23.7 Å². The molecule has 0 bridgehead atoms. The van der Waals surface area contributed by atoms with Gasteiger partial charge in [0.25, 0.3) is 0 Å². The summed E-state index contributed by atoms with van der Waals surface area (Å²) in [5, 5.41) is 9.19. The topological polar surface area (TPSA) is 20.2 Å². The lowest BCUT2D eigenvalue weighted by molar-refractivity contribution is 0.223. The third-order valence-electron chi connectivity index (χ3n) is 2.43. The minimum Gasteiger partial charge on any atom is -0.396 e. The minimum atomic E-state index is -0.205. The van der Waals surface area contributed by atoms with Crippen molar-refractivity contribution in [2.45, 2.75) is 12.8 Å². The van der Waals surface area contributed by atoms with E-state index in [0.29, 0.717) is 5.92 Å². The second-order valence-corrected chi connectivity index (χ2v) is 4.65. The summed E-state index contributed by atoms with van der Waals surface area (Å²) in [6.07, 6.45) is 3.90. The standard InChI is InChI=1S/C12H17FOS/c1-15-7-6-11(9-14)8-10-2-4-12(13)5-3-10/h2-5,11,14H,6-9H2,1H3. The summed E-state index contributed by atoms with van der Waals surface area (Å²) in [5.41, 5.74) is 1.09. The van der Waals surface area contributed by atoms with Gasteiger partial charge in [0.2, 0.25) is 0 Å². The molecule has 0 saturated carbocycles. The van der Waals surface area contributed by atoms with Crippen LogP contribution in [0, 0.1) is 11.7 Å². The molecule has 3 heteroatoms. The molecule has 0 amide bonds. The summed E-state index contributed by atoms with van der Waals surface area (Å²) in [4.78, 5) is 0. The van der Waals surface area contributed by atoms with Crippen LogP contribution >= 0.6 is 11.8 Å². The monoisotopic (exact) mass is 228 g/mol. The Bertz CT molecular complexity index is 273. The zero-order valence-electron chi connectivity index (χ0n) is 8.95. The predicted molar refractivity (Wildman–Crippen MR) is 63.7 cm³/mol. The molecule has 0 spiro atoms. The Labute approximate surface area is 94.7 Å². The van der Waals surface area contributed by atoms with Gasteiger partial charge in [-0.3, -0.25) is 0 Å². The van der Waals surface area contributed by atoms with E-state index in [1.807, 2.05) is 0 Å². The molecule has 0 aliphatic rings. The number of benzene rings is 1. The van der Waals surface area contributed by atoms with Gasteiger partial charge in [0.15, 0.2) is 0 Å². The van der Waals surface area contributed by atoms with E-state index in [-0.39, 0.29) is 12.4 Å². The molecule has 15 heavy (non-hydrogen) atoms. The molecule has 0 aliphatic heterocycles. The molecule has 0 fully saturated rings. The Hall–Kier alpha value is -0.540. The normalized spacial score (nSPS) is 12.7. The average Bonchev–Trinajstić information content (AvgIpc) is 2.27. The highest BCUT2D eigenvalue weighted by Gasteiger charge is 2.08. The second-order valence-electron chi connectivity index (χ2n) is 3.66. The van der Waals surface area contributed by atoms with Crippen molar-refractivity contribution in [1.82, 2.24) is 0 Å². The van der Waals surface area contributed by atoms with Crippen molar-refractivity contribution < 1.29 is 9.50 Å². The van der Waals surface area contributed by atoms with Gasteiger partial charge in [-0.2, -0.15) is 11.8 Å². The third kappa shape index (κ3) is 4.67. The average molecular weight is 228 g/mol. The molecule has 1 aromatic carbocycles. The van der Waals surface area contributed by atoms with E-state index < -0.39 is 0 Å². The Morgan fingerprint density at radius 1 is 1.33 bits per heavy atom. The largest absolute Gasteiger partial charge is 0.396 e. The van der Waals surface area contributed by atoms with E-state index in [1.54, 1.807) is 23.9 Å². The van der Waals surface area contributed by atoms with Crippen LogP contribution in [0.25, 0.3) is 0 Å². The second kappa shape index (κ2) is 6.85. The molecule has 84 valence electrons. The number of halogens is 1. The molecule has 1 unspecified atom stereocenters. The lowest BCUT2D eigenvalue weighted by Gasteiger charge is -2.13. The number of aliphatic hydroxyl groups is 1. The maximum atomic E-state index is 12.7. The van der Waals surface area contributed by atoms with Crippen LogP contribution in [0.15, 0.2) is 24.3 Å². The van der Waals surface area contributed by atoms with Gasteiger partial charge in [-0.05, 0) is 48.5 Å². The van der Waals surface area contributed by atoms with E-state index in [2.05, 4.69) is 6.26 Å². The first-order chi connectivity index (χ1) is 7.26. The van der Waals surface area contributed by atoms with Crippen molar-refractivity contribution in [1.29, 1.82) is 0 Å². The van der Waals surface area contributed by atoms with Gasteiger partial charge in [-0.1, -0.05) is 12.1 Å². The summed E-state index contributed by atoms with van der Waals surface area (Å²) in [5.74, 6) is 1.15. The summed E-state index contributed by atoms with van der Waals surface area (Å²) >= 11 is 1.79. The zero-order chi connectivity index (χ0) is 11.1. The van der Waals surface area contributed by atoms with Gasteiger partial charge in [0.1, 0.15) is 5.82 Å². The molecule has 1 atom stereocenters. The van der Waals surface area contributed by atoms with E-state index in [0.717, 1.165) is 24.2 Å². The van der Waals surface area contributed by atoms with E-state index >= 15 is 0 Å². The van der Waals surface area contributed by atoms with E-state index in [1.165, 1.54) is 12.1 Å². The summed E-state index contributed by atoms with van der Waals surface area (Å²) in [7, 11) is 0. The van der Waals surface area contributed by atoms with Crippen molar-refractivity contribution >= 4 is 11.8 Å². The van der Waals surface area contributed by atoms with Crippen LogP contribution in [0.3, 0.4) is 0 Å². The van der Waals surface area contributed by atoms with Crippen LogP contribution in [0.2, 0.25) is 0 Å². The lowest BCUT2D eigenvalue weighted by Crippen LogP contribution is -2.10. The number of hydrogen-bond donors (Lipinski definition) is 1. The Morgan fingerprint density at radius 2 is 2.00 bits per heavy atom. The summed E-state index contributed by atoms with van der Waals surface area (Å²) in [6, 6.07) is 6.52. The molecule has 0 aromatic heterocycles. The first-order valence-corrected chi connectivity index (χ1v) is 6.50. The van der Waals surface area contributed by atoms with Crippen LogP contribution in [0.1, 0.15) is 12.0 Å². The van der Waals surface area contributed by atoms with Gasteiger partial charge < -0.3 is 5.11 Å². The molecular formula is C12H17FOS. The maximum Gasteiger partial charge on any atom is 0.123 e. The van der Waals surface area contributed by atoms with Gasteiger partial charge in [0, 0.05) is 6.61 Å². The first kappa shape index (κ1) is 12.5. The van der Waals surface area contributed by atoms with Gasteiger partial charge in [-0.25, -0.2) is 4.39 Å². The Morgan fingerprint density at radius 3 is 2.53 bits per heavy atom. The minimum absolute atomic E-state index is 0.205. The molecule has 1 N–H and O–H groups in total. The zero-order valence-corrected chi connectivity index (χ0v) is 9.77. The molecule has 0 heterocycles. The lowest BCUT2D eigenvalue weighted by atomic mass is 9.98. The van der Waals surface area contributed by atoms with Crippen molar-refractivity contribution in [3.05, 3.63) is 35.6 Å². The molecule has 1 rings (SSSR count). The van der Waals surface area contributed by atoms with Crippen molar-refractivity contribution in [3.8, 4) is 0 Å². The highest BCUT2D eigenvalue weighted by Crippen LogP contribution is 2.14. The van der Waals surface area contributed by atoms with E-state index in [4.69, 9.17) is 0 Å². The number of thioether (sulfide) groups is 1. The van der Waals surface area contributed by atoms with Crippen LogP contribution in [0.4, 0.5) is 4.39 Å². The molecule has 0 saturated heterocycles. The number of hydrogen-bond acceptors (Lipinski definition) is 2. The predicted octanol–water partition coefficient (Wildman–Crippen LogP) is 2.73. The molecule has 0 aliphatic carbocycles. The van der Waals surface area contributed by atoms with Gasteiger partial charge in [-0.15, -0.1) is 0 Å². The first-order valence-electron chi connectivity index (χ1n) is 5.10. The highest BCUT2D eigenvalue weighted by molar-refractivity contribution is 7.98. The van der Waals surface area contributed by atoms with Crippen molar-refractivity contribution in [2.75, 3.05) is 18.6 Å². The van der Waals surface area contributed by atoms with Gasteiger partial charge >= 0.3 is 0 Å². The molecule has 1 nitrogen and oxygen atoms in total. The highest BCUT2D eigenvalue weighted by atomic mass is 32.2. The van der Waals surface area contributed by atoms with Crippen LogP contribution < -0.4 is 0 Å². The molecule has 1 aromatic rings. The number of aliphatic hydroxyl groups excluding tert-OH is 1. The number of rotatable bonds is 6. The third-order valence-corrected chi connectivity index (χ3v) is 3.07. The summed E-state index contributed by atoms with van der Waals surface area (Å²) < 4.78 is 12.7. The van der Waals surface area contributed by atoms with Crippen LogP contribution in [-0.2, 0) is 6.42 Å². The maximum absolute atomic E-state index is 12.7. The smallest absolute Gasteiger partial charge is 0.123 e. The fourth-order valence-corrected chi connectivity index (χ4v) is 2.07. The summed E-state index contributed by atoms with van der Waals surface area (Å²) in [6.45, 7) is 0.206. The quantitative estimate of drug-likeness (QED) is 0.808. The fourth-order valence-electron chi connectivity index (χ4n) is 1.50.